The molecule has 1 heterocycles. The van der Waals surface area contributed by atoms with E-state index in [1.54, 1.807) is 13.2 Å². The van der Waals surface area contributed by atoms with Crippen molar-refractivity contribution in [3.8, 4) is 5.88 Å². The Morgan fingerprint density at radius 3 is 2.88 bits per heavy atom. The van der Waals surface area contributed by atoms with Crippen LogP contribution in [0.15, 0.2) is 6.07 Å². The Balaban J connectivity index is 1.83. The normalized spacial score (nSPS) is 16.1. The molecular formula is C12H20N4O. The number of hydrogen-bond acceptors (Lipinski definition) is 5. The largest absolute Gasteiger partial charge is 0.481 e. The molecule has 1 aliphatic carbocycles. The second-order valence-corrected chi connectivity index (χ2v) is 4.52. The summed E-state index contributed by atoms with van der Waals surface area (Å²) in [5.41, 5.74) is 5.59. The van der Waals surface area contributed by atoms with Crippen LogP contribution in [-0.4, -0.2) is 23.6 Å². The summed E-state index contributed by atoms with van der Waals surface area (Å²) in [6.07, 6.45) is 6.72. The van der Waals surface area contributed by atoms with Gasteiger partial charge in [0.1, 0.15) is 5.82 Å². The van der Waals surface area contributed by atoms with Crippen LogP contribution in [0.2, 0.25) is 0 Å². The van der Waals surface area contributed by atoms with Crippen molar-refractivity contribution in [3.05, 3.63) is 6.07 Å². The summed E-state index contributed by atoms with van der Waals surface area (Å²) in [5.74, 6) is 2.37. The van der Waals surface area contributed by atoms with Crippen LogP contribution in [0.3, 0.4) is 0 Å². The predicted octanol–water partition coefficient (Wildman–Crippen LogP) is 2.06. The Morgan fingerprint density at radius 2 is 2.18 bits per heavy atom. The second-order valence-electron chi connectivity index (χ2n) is 4.52. The van der Waals surface area contributed by atoms with E-state index in [0.29, 0.717) is 5.88 Å². The van der Waals surface area contributed by atoms with Gasteiger partial charge in [0.05, 0.1) is 7.11 Å². The van der Waals surface area contributed by atoms with Gasteiger partial charge in [0.15, 0.2) is 0 Å². The molecule has 5 heteroatoms. The van der Waals surface area contributed by atoms with E-state index >= 15 is 0 Å². The lowest BCUT2D eigenvalue weighted by Gasteiger charge is -2.11. The Labute approximate surface area is 102 Å². The molecule has 0 unspecified atom stereocenters. The maximum Gasteiger partial charge on any atom is 0.225 e. The minimum atomic E-state index is 0.243. The third-order valence-electron chi connectivity index (χ3n) is 3.26. The van der Waals surface area contributed by atoms with Crippen molar-refractivity contribution in [2.75, 3.05) is 24.7 Å². The molecular weight excluding hydrogens is 216 g/mol. The maximum absolute atomic E-state index is 5.59. The molecule has 0 atom stereocenters. The Kier molecular flexibility index (Phi) is 4.01. The number of rotatable bonds is 5. The highest BCUT2D eigenvalue weighted by Crippen LogP contribution is 2.27. The molecule has 1 aliphatic rings. The van der Waals surface area contributed by atoms with E-state index in [0.717, 1.165) is 18.3 Å². The third-order valence-corrected chi connectivity index (χ3v) is 3.26. The fraction of sp³-hybridized carbons (Fsp3) is 0.667. The molecule has 94 valence electrons. The van der Waals surface area contributed by atoms with Crippen molar-refractivity contribution in [1.29, 1.82) is 0 Å². The zero-order valence-electron chi connectivity index (χ0n) is 10.3. The van der Waals surface area contributed by atoms with Crippen LogP contribution in [-0.2, 0) is 0 Å². The fourth-order valence-corrected chi connectivity index (χ4v) is 2.34. The average Bonchev–Trinajstić information content (AvgIpc) is 2.81. The highest BCUT2D eigenvalue weighted by atomic mass is 16.5. The minimum Gasteiger partial charge on any atom is -0.481 e. The lowest BCUT2D eigenvalue weighted by Crippen LogP contribution is -2.09. The number of methoxy groups -OCH3 is 1. The van der Waals surface area contributed by atoms with Gasteiger partial charge in [-0.05, 0) is 12.3 Å². The summed E-state index contributed by atoms with van der Waals surface area (Å²) in [6.45, 7) is 0.935. The molecule has 2 rings (SSSR count). The van der Waals surface area contributed by atoms with Crippen LogP contribution in [0.25, 0.3) is 0 Å². The highest BCUT2D eigenvalue weighted by Gasteiger charge is 2.14. The molecule has 1 aromatic rings. The SMILES string of the molecule is COc1cc(NCCC2CCCC2)nc(N)n1. The summed E-state index contributed by atoms with van der Waals surface area (Å²) in [4.78, 5) is 8.06. The quantitative estimate of drug-likeness (QED) is 0.818. The van der Waals surface area contributed by atoms with E-state index in [1.807, 2.05) is 0 Å². The fourth-order valence-electron chi connectivity index (χ4n) is 2.34. The van der Waals surface area contributed by atoms with Gasteiger partial charge in [-0.25, -0.2) is 0 Å². The first-order valence-corrected chi connectivity index (χ1v) is 6.20. The number of anilines is 2. The molecule has 0 bridgehead atoms. The van der Waals surface area contributed by atoms with Gasteiger partial charge in [0, 0.05) is 12.6 Å². The number of ether oxygens (including phenoxy) is 1. The Bertz CT molecular complexity index is 364. The second kappa shape index (κ2) is 5.70. The molecule has 0 aromatic carbocycles. The van der Waals surface area contributed by atoms with Crippen molar-refractivity contribution < 1.29 is 4.74 Å². The van der Waals surface area contributed by atoms with Crippen molar-refractivity contribution in [1.82, 2.24) is 9.97 Å². The molecule has 0 spiro atoms. The highest BCUT2D eigenvalue weighted by molar-refractivity contribution is 5.42. The van der Waals surface area contributed by atoms with E-state index < -0.39 is 0 Å². The lowest BCUT2D eigenvalue weighted by molar-refractivity contribution is 0.398. The van der Waals surface area contributed by atoms with Crippen LogP contribution >= 0.6 is 0 Å². The van der Waals surface area contributed by atoms with Crippen LogP contribution < -0.4 is 15.8 Å². The van der Waals surface area contributed by atoms with Crippen LogP contribution in [0, 0.1) is 5.92 Å². The van der Waals surface area contributed by atoms with Crippen LogP contribution in [0.5, 0.6) is 5.88 Å². The minimum absolute atomic E-state index is 0.243. The monoisotopic (exact) mass is 236 g/mol. The number of nitrogens with one attached hydrogen (secondary N) is 1. The van der Waals surface area contributed by atoms with Gasteiger partial charge >= 0.3 is 0 Å². The molecule has 0 radical (unpaired) electrons. The first kappa shape index (κ1) is 12.0. The molecule has 5 nitrogen and oxygen atoms in total. The van der Waals surface area contributed by atoms with Gasteiger partial charge in [-0.1, -0.05) is 25.7 Å². The molecule has 1 saturated carbocycles. The van der Waals surface area contributed by atoms with Crippen LogP contribution in [0.1, 0.15) is 32.1 Å². The standard InChI is InChI=1S/C12H20N4O/c1-17-11-8-10(15-12(13)16-11)14-7-6-9-4-2-3-5-9/h8-9H,2-7H2,1H3,(H3,13,14,15,16). The molecule has 0 saturated heterocycles. The number of aromatic nitrogens is 2. The average molecular weight is 236 g/mol. The summed E-state index contributed by atoms with van der Waals surface area (Å²) >= 11 is 0. The number of nitrogens with two attached hydrogens (primary N) is 1. The first-order valence-electron chi connectivity index (χ1n) is 6.20. The number of nitrogen functional groups attached to an aromatic ring is 1. The summed E-state index contributed by atoms with van der Waals surface area (Å²) in [6, 6.07) is 1.77. The smallest absolute Gasteiger partial charge is 0.225 e. The zero-order valence-corrected chi connectivity index (χ0v) is 10.3. The van der Waals surface area contributed by atoms with Gasteiger partial charge in [0.2, 0.25) is 11.8 Å². The predicted molar refractivity (Wildman–Crippen MR) is 68.1 cm³/mol. The topological polar surface area (TPSA) is 73.1 Å². The van der Waals surface area contributed by atoms with Crippen molar-refractivity contribution >= 4 is 11.8 Å². The van der Waals surface area contributed by atoms with Crippen LogP contribution in [0.4, 0.5) is 11.8 Å². The Morgan fingerprint density at radius 1 is 1.41 bits per heavy atom. The molecule has 1 fully saturated rings. The molecule has 3 N–H and O–H groups in total. The number of nitrogens with zero attached hydrogens (tertiary/aromatic N) is 2. The van der Waals surface area contributed by atoms with E-state index in [1.165, 1.54) is 32.1 Å². The molecule has 1 aromatic heterocycles. The third kappa shape index (κ3) is 3.47. The van der Waals surface area contributed by atoms with E-state index in [4.69, 9.17) is 10.5 Å². The maximum atomic E-state index is 5.59. The van der Waals surface area contributed by atoms with E-state index in [-0.39, 0.29) is 5.95 Å². The molecule has 17 heavy (non-hydrogen) atoms. The number of hydrogen-bond donors (Lipinski definition) is 2. The van der Waals surface area contributed by atoms with Gasteiger partial charge in [-0.3, -0.25) is 0 Å². The summed E-state index contributed by atoms with van der Waals surface area (Å²) in [7, 11) is 1.57. The van der Waals surface area contributed by atoms with Gasteiger partial charge < -0.3 is 15.8 Å². The summed E-state index contributed by atoms with van der Waals surface area (Å²) in [5, 5.41) is 3.28. The molecule has 0 aliphatic heterocycles. The first-order chi connectivity index (χ1) is 8.28. The van der Waals surface area contributed by atoms with Gasteiger partial charge in [-0.15, -0.1) is 0 Å². The van der Waals surface area contributed by atoms with E-state index in [2.05, 4.69) is 15.3 Å². The summed E-state index contributed by atoms with van der Waals surface area (Å²) < 4.78 is 5.04. The lowest BCUT2D eigenvalue weighted by atomic mass is 10.0. The van der Waals surface area contributed by atoms with Crippen molar-refractivity contribution in [2.24, 2.45) is 5.92 Å². The van der Waals surface area contributed by atoms with E-state index in [9.17, 15) is 0 Å². The van der Waals surface area contributed by atoms with Gasteiger partial charge in [-0.2, -0.15) is 9.97 Å². The van der Waals surface area contributed by atoms with Crippen molar-refractivity contribution in [3.63, 3.8) is 0 Å². The van der Waals surface area contributed by atoms with Crippen molar-refractivity contribution in [2.45, 2.75) is 32.1 Å². The Hall–Kier alpha value is -1.52. The molecule has 0 amide bonds. The van der Waals surface area contributed by atoms with Gasteiger partial charge in [0.25, 0.3) is 0 Å². The zero-order chi connectivity index (χ0) is 12.1.